The lowest BCUT2D eigenvalue weighted by Crippen LogP contribution is -2.76. The Morgan fingerprint density at radius 2 is 1.95 bits per heavy atom. The third kappa shape index (κ3) is 7.71. The van der Waals surface area contributed by atoms with E-state index in [-0.39, 0.29) is 35.8 Å². The van der Waals surface area contributed by atoms with Gasteiger partial charge in [-0.25, -0.2) is 4.98 Å². The highest BCUT2D eigenvalue weighted by molar-refractivity contribution is 7.80. The number of nitrogen functional groups attached to an aromatic ring is 1. The predicted octanol–water partition coefficient (Wildman–Crippen LogP) is -0.178. The number of ether oxygens (including phenoxy) is 1. The number of piperidine rings is 1. The standard InChI is InChI=1S/C24H32N8O8S2/c1-24(2)19(22(34)32(24)40-42(35,36)37)30-21(33)18(17-13-41-23(26)29-17)31-39-12-11-38-16-5-3-14(4-6-16)20(25)28-15-7-9-27-10-8-15/h3-6,13,15,19,27H,7-12H2,1-2H3,(H2,25,28)(H2,26,29)(H,30,33)(H,35,36,37)/b31-18-/t19-/m1/s1. The summed E-state index contributed by atoms with van der Waals surface area (Å²) < 4.78 is 40.9. The van der Waals surface area contributed by atoms with Crippen molar-refractivity contribution in [3.63, 3.8) is 0 Å². The number of benzene rings is 1. The Morgan fingerprint density at radius 1 is 1.26 bits per heavy atom. The normalized spacial score (nSPS) is 19.7. The molecule has 3 heterocycles. The Hall–Kier alpha value is -3.84. The highest BCUT2D eigenvalue weighted by Crippen LogP contribution is 2.33. The molecule has 0 bridgehead atoms. The molecule has 16 nitrogen and oxygen atoms in total. The molecular formula is C24H32N8O8S2. The summed E-state index contributed by atoms with van der Waals surface area (Å²) in [5, 5.41) is 11.7. The second kappa shape index (κ2) is 13.0. The number of β-lactam (4-membered cyclic amide) rings is 1. The minimum Gasteiger partial charge on any atom is -0.490 e. The number of hydrogen-bond acceptors (Lipinski definition) is 13. The number of carbonyl (C=O) groups excluding carboxylic acids is 2. The van der Waals surface area contributed by atoms with Gasteiger partial charge in [0.15, 0.2) is 17.5 Å². The molecule has 1 atom stereocenters. The van der Waals surface area contributed by atoms with Gasteiger partial charge in [-0.15, -0.1) is 15.6 Å². The van der Waals surface area contributed by atoms with Crippen molar-refractivity contribution in [1.29, 1.82) is 0 Å². The fraction of sp³-hybridized carbons (Fsp3) is 0.458. The summed E-state index contributed by atoms with van der Waals surface area (Å²) in [6.45, 7) is 4.76. The van der Waals surface area contributed by atoms with Gasteiger partial charge in [0.05, 0.1) is 11.6 Å². The number of nitrogens with zero attached hydrogens (tertiary/aromatic N) is 4. The van der Waals surface area contributed by atoms with E-state index < -0.39 is 33.8 Å². The summed E-state index contributed by atoms with van der Waals surface area (Å²) in [4.78, 5) is 39.4. The number of aliphatic imine (C=N–C) groups is 1. The van der Waals surface area contributed by atoms with Crippen LogP contribution in [-0.4, -0.2) is 90.3 Å². The van der Waals surface area contributed by atoms with Crippen molar-refractivity contribution < 1.29 is 36.4 Å². The van der Waals surface area contributed by atoms with Crippen molar-refractivity contribution in [3.05, 3.63) is 40.9 Å². The Labute approximate surface area is 246 Å². The number of nitrogens with one attached hydrogen (secondary N) is 2. The molecule has 0 spiro atoms. The van der Waals surface area contributed by atoms with Crippen LogP contribution in [0, 0.1) is 0 Å². The van der Waals surface area contributed by atoms with Gasteiger partial charge in [0, 0.05) is 10.9 Å². The molecule has 2 amide bonds. The van der Waals surface area contributed by atoms with Crippen molar-refractivity contribution in [3.8, 4) is 5.75 Å². The second-order valence-electron chi connectivity index (χ2n) is 9.91. The van der Waals surface area contributed by atoms with Crippen LogP contribution in [0.15, 0.2) is 39.8 Å². The van der Waals surface area contributed by atoms with Gasteiger partial charge in [-0.1, -0.05) is 5.16 Å². The molecular weight excluding hydrogens is 592 g/mol. The molecule has 0 saturated carbocycles. The van der Waals surface area contributed by atoms with Gasteiger partial charge >= 0.3 is 10.4 Å². The average molecular weight is 625 g/mol. The van der Waals surface area contributed by atoms with Crippen LogP contribution in [0.1, 0.15) is 37.9 Å². The van der Waals surface area contributed by atoms with E-state index in [9.17, 15) is 18.0 Å². The third-order valence-electron chi connectivity index (χ3n) is 6.48. The zero-order chi connectivity index (χ0) is 30.5. The fourth-order valence-electron chi connectivity index (χ4n) is 4.26. The number of rotatable bonds is 12. The van der Waals surface area contributed by atoms with Crippen LogP contribution < -0.4 is 26.8 Å². The van der Waals surface area contributed by atoms with E-state index in [4.69, 9.17) is 25.6 Å². The van der Waals surface area contributed by atoms with Crippen LogP contribution in [0.3, 0.4) is 0 Å². The molecule has 18 heteroatoms. The number of anilines is 1. The Kier molecular flexibility index (Phi) is 9.62. The Morgan fingerprint density at radius 3 is 2.55 bits per heavy atom. The minimum absolute atomic E-state index is 0.0404. The van der Waals surface area contributed by atoms with Crippen LogP contribution in [-0.2, 0) is 29.1 Å². The highest BCUT2D eigenvalue weighted by atomic mass is 32.3. The molecule has 0 radical (unpaired) electrons. The largest absolute Gasteiger partial charge is 0.490 e. The molecule has 2 saturated heterocycles. The predicted molar refractivity (Wildman–Crippen MR) is 153 cm³/mol. The number of amides is 2. The number of thiazole rings is 1. The molecule has 0 aliphatic carbocycles. The van der Waals surface area contributed by atoms with E-state index in [1.807, 2.05) is 12.1 Å². The Bertz CT molecular complexity index is 1450. The molecule has 2 aliphatic rings. The molecule has 42 heavy (non-hydrogen) atoms. The average Bonchev–Trinajstić information content (AvgIpc) is 3.38. The number of carbonyl (C=O) groups is 2. The number of nitrogens with two attached hydrogens (primary N) is 2. The zero-order valence-corrected chi connectivity index (χ0v) is 24.5. The lowest BCUT2D eigenvalue weighted by molar-refractivity contribution is -0.218. The molecule has 7 N–H and O–H groups in total. The first-order chi connectivity index (χ1) is 19.8. The van der Waals surface area contributed by atoms with Crippen molar-refractivity contribution in [2.75, 3.05) is 32.0 Å². The van der Waals surface area contributed by atoms with Gasteiger partial charge in [-0.2, -0.15) is 13.5 Å². The first-order valence-corrected chi connectivity index (χ1v) is 15.1. The van der Waals surface area contributed by atoms with E-state index in [1.54, 1.807) is 12.1 Å². The number of hydroxylamine groups is 2. The zero-order valence-electron chi connectivity index (χ0n) is 22.8. The number of oxime groups is 1. The molecule has 1 aromatic heterocycles. The van der Waals surface area contributed by atoms with Gasteiger partial charge in [0.25, 0.3) is 11.8 Å². The van der Waals surface area contributed by atoms with Crippen molar-refractivity contribution in [2.45, 2.75) is 44.3 Å². The molecule has 2 aliphatic heterocycles. The number of aromatic nitrogens is 1. The van der Waals surface area contributed by atoms with Crippen molar-refractivity contribution in [2.24, 2.45) is 15.9 Å². The third-order valence-corrected chi connectivity index (χ3v) is 7.49. The molecule has 1 aromatic carbocycles. The molecule has 2 aromatic rings. The van der Waals surface area contributed by atoms with Gasteiger partial charge in [-0.3, -0.25) is 19.1 Å². The number of amidine groups is 1. The summed E-state index contributed by atoms with van der Waals surface area (Å²) in [6.07, 6.45) is 1.90. The maximum atomic E-state index is 13.0. The molecule has 228 valence electrons. The van der Waals surface area contributed by atoms with Gasteiger partial charge in [0.1, 0.15) is 29.9 Å². The fourth-order valence-corrected chi connectivity index (χ4v) is 5.26. The van der Waals surface area contributed by atoms with E-state index in [2.05, 4.69) is 30.0 Å². The van der Waals surface area contributed by atoms with E-state index >= 15 is 0 Å². The van der Waals surface area contributed by atoms with Crippen LogP contribution in [0.5, 0.6) is 5.75 Å². The smallest absolute Gasteiger partial charge is 0.418 e. The first kappa shape index (κ1) is 31.1. The maximum absolute atomic E-state index is 13.0. The molecule has 2 fully saturated rings. The SMILES string of the molecule is CC1(C)[C@H](NC(=O)/C(=N\OCCOc2ccc(C(N)=NC3CCNCC3)cc2)c2csc(N)n2)C(=O)N1OS(=O)(=O)O. The van der Waals surface area contributed by atoms with E-state index in [0.29, 0.717) is 16.6 Å². The maximum Gasteiger partial charge on any atom is 0.418 e. The summed E-state index contributed by atoms with van der Waals surface area (Å²) in [5.74, 6) is -0.694. The molecule has 0 unspecified atom stereocenters. The van der Waals surface area contributed by atoms with Gasteiger partial charge in [-0.05, 0) is 64.0 Å². The van der Waals surface area contributed by atoms with Gasteiger partial charge in [0.2, 0.25) is 0 Å². The lowest BCUT2D eigenvalue weighted by Gasteiger charge is -2.50. The molecule has 4 rings (SSSR count). The van der Waals surface area contributed by atoms with Crippen molar-refractivity contribution in [1.82, 2.24) is 20.7 Å². The van der Waals surface area contributed by atoms with E-state index in [1.165, 1.54) is 19.2 Å². The quantitative estimate of drug-likeness (QED) is 0.0517. The summed E-state index contributed by atoms with van der Waals surface area (Å²) in [5.41, 5.74) is 11.2. The summed E-state index contributed by atoms with van der Waals surface area (Å²) in [7, 11) is -4.94. The van der Waals surface area contributed by atoms with Crippen molar-refractivity contribution >= 4 is 50.2 Å². The summed E-state index contributed by atoms with van der Waals surface area (Å²) >= 11 is 1.07. The first-order valence-electron chi connectivity index (χ1n) is 12.9. The topological polar surface area (TPSA) is 233 Å². The minimum atomic E-state index is -4.94. The summed E-state index contributed by atoms with van der Waals surface area (Å²) in [6, 6.07) is 6.16. The van der Waals surface area contributed by atoms with Crippen LogP contribution in [0.4, 0.5) is 5.13 Å². The van der Waals surface area contributed by atoms with Crippen LogP contribution in [0.25, 0.3) is 0 Å². The lowest BCUT2D eigenvalue weighted by atomic mass is 9.84. The second-order valence-corrected chi connectivity index (χ2v) is 11.8. The highest BCUT2D eigenvalue weighted by Gasteiger charge is 2.58. The van der Waals surface area contributed by atoms with Crippen LogP contribution >= 0.6 is 11.3 Å². The van der Waals surface area contributed by atoms with Gasteiger partial charge < -0.3 is 31.7 Å². The number of hydrogen-bond donors (Lipinski definition) is 5. The monoisotopic (exact) mass is 624 g/mol. The van der Waals surface area contributed by atoms with Crippen LogP contribution in [0.2, 0.25) is 0 Å². The Balaban J connectivity index is 1.32. The van der Waals surface area contributed by atoms with E-state index in [0.717, 1.165) is 42.8 Å².